The summed E-state index contributed by atoms with van der Waals surface area (Å²) in [6, 6.07) is 13.8. The molecule has 28 heavy (non-hydrogen) atoms. The van der Waals surface area contributed by atoms with Crippen molar-refractivity contribution in [1.82, 2.24) is 15.5 Å². The van der Waals surface area contributed by atoms with E-state index in [9.17, 15) is 4.79 Å². The second-order valence-corrected chi connectivity index (χ2v) is 6.88. The molecule has 0 saturated heterocycles. The largest absolute Gasteiger partial charge is 0.480 e. The van der Waals surface area contributed by atoms with Gasteiger partial charge < -0.3 is 14.6 Å². The van der Waals surface area contributed by atoms with Crippen LogP contribution in [0.5, 0.6) is 5.75 Å². The van der Waals surface area contributed by atoms with Crippen molar-refractivity contribution in [2.24, 2.45) is 0 Å². The Morgan fingerprint density at radius 2 is 1.93 bits per heavy atom. The van der Waals surface area contributed by atoms with E-state index in [1.54, 1.807) is 0 Å². The summed E-state index contributed by atoms with van der Waals surface area (Å²) in [6.45, 7) is 8.03. The Hall–Kier alpha value is -3.15. The molecule has 0 spiro atoms. The molecule has 0 unspecified atom stereocenters. The van der Waals surface area contributed by atoms with Crippen molar-refractivity contribution < 1.29 is 14.1 Å². The summed E-state index contributed by atoms with van der Waals surface area (Å²) in [5, 5.41) is 6.81. The molecular formula is C22H25N3O3. The van der Waals surface area contributed by atoms with Gasteiger partial charge in [0.15, 0.2) is 6.10 Å². The van der Waals surface area contributed by atoms with Crippen LogP contribution in [-0.4, -0.2) is 22.2 Å². The molecule has 0 fully saturated rings. The lowest BCUT2D eigenvalue weighted by atomic mass is 10.1. The first-order chi connectivity index (χ1) is 13.5. The second-order valence-electron chi connectivity index (χ2n) is 6.88. The van der Waals surface area contributed by atoms with E-state index in [2.05, 4.69) is 15.5 Å². The first kappa shape index (κ1) is 19.6. The maximum absolute atomic E-state index is 12.5. The van der Waals surface area contributed by atoms with Crippen LogP contribution in [0.15, 0.2) is 47.0 Å². The zero-order chi connectivity index (χ0) is 20.1. The fourth-order valence-electron chi connectivity index (χ4n) is 2.81. The number of carbonyl (C=O) groups is 1. The fourth-order valence-corrected chi connectivity index (χ4v) is 2.81. The normalized spacial score (nSPS) is 11.9. The number of benzene rings is 2. The summed E-state index contributed by atoms with van der Waals surface area (Å²) < 4.78 is 11.2. The number of carbonyl (C=O) groups excluding carboxylic acids is 1. The number of nitrogens with zero attached hydrogens (tertiary/aromatic N) is 2. The number of amides is 1. The lowest BCUT2D eigenvalue weighted by molar-refractivity contribution is -0.128. The Kier molecular flexibility index (Phi) is 6.09. The first-order valence-corrected chi connectivity index (χ1v) is 9.37. The van der Waals surface area contributed by atoms with Gasteiger partial charge in [-0.05, 0) is 50.5 Å². The first-order valence-electron chi connectivity index (χ1n) is 9.37. The molecule has 146 valence electrons. The number of ether oxygens (including phenoxy) is 1. The maximum atomic E-state index is 12.5. The van der Waals surface area contributed by atoms with Gasteiger partial charge in [-0.1, -0.05) is 48.0 Å². The van der Waals surface area contributed by atoms with Crippen LogP contribution in [0, 0.1) is 20.8 Å². The van der Waals surface area contributed by atoms with Gasteiger partial charge >= 0.3 is 0 Å². The molecule has 1 N–H and O–H groups in total. The molecule has 1 atom stereocenters. The average molecular weight is 379 g/mol. The molecule has 0 saturated carbocycles. The van der Waals surface area contributed by atoms with Gasteiger partial charge in [0.05, 0.1) is 6.54 Å². The minimum atomic E-state index is -0.584. The van der Waals surface area contributed by atoms with E-state index in [-0.39, 0.29) is 12.5 Å². The Morgan fingerprint density at radius 3 is 2.68 bits per heavy atom. The summed E-state index contributed by atoms with van der Waals surface area (Å²) in [5.74, 6) is 1.37. The summed E-state index contributed by atoms with van der Waals surface area (Å²) in [6.07, 6.45) is -0.0305. The van der Waals surface area contributed by atoms with Gasteiger partial charge in [-0.15, -0.1) is 0 Å². The zero-order valence-electron chi connectivity index (χ0n) is 16.7. The lowest BCUT2D eigenvalue weighted by Crippen LogP contribution is -2.37. The number of hydrogen-bond acceptors (Lipinski definition) is 5. The summed E-state index contributed by atoms with van der Waals surface area (Å²) in [5.41, 5.74) is 4.08. The van der Waals surface area contributed by atoms with Crippen molar-refractivity contribution in [2.45, 2.75) is 46.8 Å². The molecule has 0 aliphatic carbocycles. The number of aromatic nitrogens is 2. The molecule has 6 nitrogen and oxygen atoms in total. The van der Waals surface area contributed by atoms with E-state index < -0.39 is 6.10 Å². The van der Waals surface area contributed by atoms with Gasteiger partial charge in [-0.3, -0.25) is 4.79 Å². The number of nitrogens with one attached hydrogen (secondary N) is 1. The number of rotatable bonds is 7. The molecule has 0 aliphatic rings. The number of hydrogen-bond donors (Lipinski definition) is 1. The molecular weight excluding hydrogens is 354 g/mol. The van der Waals surface area contributed by atoms with Crippen molar-refractivity contribution in [1.29, 1.82) is 0 Å². The van der Waals surface area contributed by atoms with Crippen LogP contribution in [0.1, 0.15) is 35.9 Å². The molecule has 1 heterocycles. The van der Waals surface area contributed by atoms with Crippen LogP contribution in [0.4, 0.5) is 0 Å². The Morgan fingerprint density at radius 1 is 1.14 bits per heavy atom. The van der Waals surface area contributed by atoms with Gasteiger partial charge in [-0.25, -0.2) is 0 Å². The van der Waals surface area contributed by atoms with Crippen LogP contribution < -0.4 is 10.1 Å². The summed E-state index contributed by atoms with van der Waals surface area (Å²) in [4.78, 5) is 16.9. The van der Waals surface area contributed by atoms with E-state index in [4.69, 9.17) is 9.26 Å². The smallest absolute Gasteiger partial charge is 0.261 e. The Balaban J connectivity index is 1.62. The molecule has 2 aromatic carbocycles. The monoisotopic (exact) mass is 379 g/mol. The van der Waals surface area contributed by atoms with Crippen molar-refractivity contribution in [3.05, 3.63) is 65.0 Å². The highest BCUT2D eigenvalue weighted by molar-refractivity contribution is 5.81. The lowest BCUT2D eigenvalue weighted by Gasteiger charge is -2.18. The molecule has 6 heteroatoms. The summed E-state index contributed by atoms with van der Waals surface area (Å²) in [7, 11) is 0. The molecule has 1 aromatic heterocycles. The Bertz CT molecular complexity index is 965. The highest BCUT2D eigenvalue weighted by Crippen LogP contribution is 2.21. The van der Waals surface area contributed by atoms with E-state index in [1.165, 1.54) is 0 Å². The predicted molar refractivity (Wildman–Crippen MR) is 107 cm³/mol. The highest BCUT2D eigenvalue weighted by Gasteiger charge is 2.20. The van der Waals surface area contributed by atoms with Gasteiger partial charge in [0.2, 0.25) is 11.7 Å². The van der Waals surface area contributed by atoms with Crippen LogP contribution in [0.2, 0.25) is 0 Å². The topological polar surface area (TPSA) is 77.2 Å². The second kappa shape index (κ2) is 8.69. The van der Waals surface area contributed by atoms with E-state index in [0.29, 0.717) is 18.1 Å². The third kappa shape index (κ3) is 4.76. The molecule has 0 aliphatic heterocycles. The molecule has 0 bridgehead atoms. The van der Waals surface area contributed by atoms with E-state index in [1.807, 2.05) is 70.2 Å². The maximum Gasteiger partial charge on any atom is 0.261 e. The minimum Gasteiger partial charge on any atom is -0.480 e. The number of aryl methyl sites for hydroxylation is 3. The molecule has 0 radical (unpaired) electrons. The van der Waals surface area contributed by atoms with Gasteiger partial charge in [0.1, 0.15) is 5.75 Å². The molecule has 3 rings (SSSR count). The van der Waals surface area contributed by atoms with Crippen molar-refractivity contribution in [2.75, 3.05) is 0 Å². The van der Waals surface area contributed by atoms with Crippen LogP contribution >= 0.6 is 0 Å². The van der Waals surface area contributed by atoms with Crippen LogP contribution in [0.25, 0.3) is 11.4 Å². The molecule has 1 amide bonds. The molecule has 3 aromatic rings. The SMILES string of the molecule is CC[C@H](Oc1cc(C)ccc1C)C(=O)NCc1nc(-c2cccc(C)c2)no1. The van der Waals surface area contributed by atoms with E-state index in [0.717, 1.165) is 28.0 Å². The van der Waals surface area contributed by atoms with E-state index >= 15 is 0 Å². The standard InChI is InChI=1S/C22H25N3O3/c1-5-18(27-19-12-15(3)9-10-16(19)4)22(26)23-13-20-24-21(25-28-20)17-8-6-7-14(2)11-17/h6-12,18H,5,13H2,1-4H3,(H,23,26)/t18-/m0/s1. The predicted octanol–water partition coefficient (Wildman–Crippen LogP) is 4.14. The third-order valence-electron chi connectivity index (χ3n) is 4.43. The zero-order valence-corrected chi connectivity index (χ0v) is 16.7. The van der Waals surface area contributed by atoms with Crippen molar-refractivity contribution in [3.8, 4) is 17.1 Å². The average Bonchev–Trinajstić information content (AvgIpc) is 3.16. The van der Waals surface area contributed by atoms with Crippen LogP contribution in [0.3, 0.4) is 0 Å². The minimum absolute atomic E-state index is 0.157. The van der Waals surface area contributed by atoms with Crippen molar-refractivity contribution in [3.63, 3.8) is 0 Å². The fraction of sp³-hybridized carbons (Fsp3) is 0.318. The van der Waals surface area contributed by atoms with Gasteiger partial charge in [-0.2, -0.15) is 4.98 Å². The summed E-state index contributed by atoms with van der Waals surface area (Å²) >= 11 is 0. The quantitative estimate of drug-likeness (QED) is 0.668. The van der Waals surface area contributed by atoms with Crippen molar-refractivity contribution >= 4 is 5.91 Å². The van der Waals surface area contributed by atoms with Gasteiger partial charge in [0, 0.05) is 5.56 Å². The Labute approximate surface area is 164 Å². The third-order valence-corrected chi connectivity index (χ3v) is 4.43. The van der Waals surface area contributed by atoms with Crippen LogP contribution in [-0.2, 0) is 11.3 Å². The van der Waals surface area contributed by atoms with Gasteiger partial charge in [0.25, 0.3) is 5.91 Å². The highest BCUT2D eigenvalue weighted by atomic mass is 16.5.